The van der Waals surface area contributed by atoms with Gasteiger partial charge in [-0.1, -0.05) is 0 Å². The van der Waals surface area contributed by atoms with Crippen molar-refractivity contribution in [3.63, 3.8) is 0 Å². The van der Waals surface area contributed by atoms with E-state index in [4.69, 9.17) is 0 Å². The number of hydrogen-bond acceptors (Lipinski definition) is 3. The Labute approximate surface area is 117 Å². The molecule has 3 heterocycles. The van der Waals surface area contributed by atoms with Gasteiger partial charge in [-0.15, -0.1) is 0 Å². The number of alkyl halides is 5. The number of rotatable bonds is 0. The standard InChI is InChI=1S/C13H13F5N2O/c14-12(15)4-8-1-2-9(21)6-20(8)11-10(12)3-7(5-19-11)13(16,17)18/h3,5,8-9,21H,1-2,4,6H2. The predicted molar refractivity (Wildman–Crippen MR) is 64.1 cm³/mol. The zero-order valence-corrected chi connectivity index (χ0v) is 10.9. The van der Waals surface area contributed by atoms with E-state index in [1.807, 2.05) is 0 Å². The van der Waals surface area contributed by atoms with Gasteiger partial charge in [-0.25, -0.2) is 13.8 Å². The van der Waals surface area contributed by atoms with Gasteiger partial charge in [0.05, 0.1) is 17.2 Å². The van der Waals surface area contributed by atoms with Gasteiger partial charge in [-0.2, -0.15) is 13.2 Å². The molecule has 1 fully saturated rings. The predicted octanol–water partition coefficient (Wildman–Crippen LogP) is 2.93. The summed E-state index contributed by atoms with van der Waals surface area (Å²) in [6.07, 6.45) is -4.58. The molecule has 116 valence electrons. The molecule has 0 spiro atoms. The maximum Gasteiger partial charge on any atom is 0.417 e. The third-order valence-electron chi connectivity index (χ3n) is 4.03. The summed E-state index contributed by atoms with van der Waals surface area (Å²) in [5.41, 5.74) is -1.89. The second kappa shape index (κ2) is 4.53. The molecule has 0 bridgehead atoms. The number of piperidine rings is 1. The first kappa shape index (κ1) is 14.5. The Morgan fingerprint density at radius 1 is 1.29 bits per heavy atom. The van der Waals surface area contributed by atoms with Crippen molar-refractivity contribution in [1.29, 1.82) is 0 Å². The van der Waals surface area contributed by atoms with Crippen LogP contribution in [0.4, 0.5) is 27.8 Å². The van der Waals surface area contributed by atoms with E-state index >= 15 is 0 Å². The Balaban J connectivity index is 2.08. The fourth-order valence-electron chi connectivity index (χ4n) is 3.00. The van der Waals surface area contributed by atoms with E-state index < -0.39 is 41.8 Å². The first-order chi connectivity index (χ1) is 9.68. The van der Waals surface area contributed by atoms with Gasteiger partial charge in [0.25, 0.3) is 5.92 Å². The first-order valence-electron chi connectivity index (χ1n) is 6.59. The van der Waals surface area contributed by atoms with Crippen LogP contribution in [-0.2, 0) is 12.1 Å². The van der Waals surface area contributed by atoms with Gasteiger partial charge in [0.2, 0.25) is 0 Å². The Morgan fingerprint density at radius 3 is 2.67 bits per heavy atom. The van der Waals surface area contributed by atoms with Gasteiger partial charge in [-0.05, 0) is 18.9 Å². The number of halogens is 5. The molecule has 0 radical (unpaired) electrons. The third kappa shape index (κ3) is 2.45. The highest BCUT2D eigenvalue weighted by Crippen LogP contribution is 2.47. The molecule has 2 aliphatic heterocycles. The molecule has 2 aliphatic rings. The van der Waals surface area contributed by atoms with Crippen molar-refractivity contribution in [1.82, 2.24) is 4.98 Å². The van der Waals surface area contributed by atoms with Crippen LogP contribution < -0.4 is 4.90 Å². The second-order valence-electron chi connectivity index (χ2n) is 5.54. The fraction of sp³-hybridized carbons (Fsp3) is 0.615. The molecular formula is C13H13F5N2O. The second-order valence-corrected chi connectivity index (χ2v) is 5.54. The number of pyridine rings is 1. The van der Waals surface area contributed by atoms with Crippen molar-refractivity contribution >= 4 is 5.82 Å². The average Bonchev–Trinajstić information content (AvgIpc) is 2.38. The highest BCUT2D eigenvalue weighted by molar-refractivity contribution is 5.55. The zero-order valence-electron chi connectivity index (χ0n) is 10.9. The molecule has 2 unspecified atom stereocenters. The normalized spacial score (nSPS) is 28.0. The van der Waals surface area contributed by atoms with Crippen LogP contribution in [0.5, 0.6) is 0 Å². The molecule has 1 aromatic heterocycles. The minimum atomic E-state index is -4.71. The fourth-order valence-corrected chi connectivity index (χ4v) is 3.00. The SMILES string of the molecule is OC1CCC2CC(F)(F)c3cc(C(F)(F)F)cnc3N2C1. The summed E-state index contributed by atoms with van der Waals surface area (Å²) in [5.74, 6) is -3.49. The quantitative estimate of drug-likeness (QED) is 0.749. The smallest absolute Gasteiger partial charge is 0.391 e. The van der Waals surface area contributed by atoms with Crippen LogP contribution >= 0.6 is 0 Å². The van der Waals surface area contributed by atoms with E-state index in [-0.39, 0.29) is 12.4 Å². The van der Waals surface area contributed by atoms with E-state index in [1.54, 1.807) is 0 Å². The van der Waals surface area contributed by atoms with E-state index in [0.29, 0.717) is 25.1 Å². The molecule has 1 aromatic rings. The highest BCUT2D eigenvalue weighted by Gasteiger charge is 2.48. The molecule has 1 saturated heterocycles. The van der Waals surface area contributed by atoms with Crippen molar-refractivity contribution in [3.05, 3.63) is 23.4 Å². The zero-order chi connectivity index (χ0) is 15.4. The van der Waals surface area contributed by atoms with Crippen molar-refractivity contribution < 1.29 is 27.1 Å². The van der Waals surface area contributed by atoms with Crippen LogP contribution in [0, 0.1) is 0 Å². The lowest BCUT2D eigenvalue weighted by molar-refractivity contribution is -0.138. The Kier molecular flexibility index (Phi) is 3.12. The average molecular weight is 308 g/mol. The van der Waals surface area contributed by atoms with Gasteiger partial charge in [0.1, 0.15) is 5.82 Å². The molecule has 3 nitrogen and oxygen atoms in total. The number of aliphatic hydroxyl groups excluding tert-OH is 1. The van der Waals surface area contributed by atoms with Crippen LogP contribution in [0.2, 0.25) is 0 Å². The molecule has 0 aliphatic carbocycles. The van der Waals surface area contributed by atoms with Crippen molar-refractivity contribution in [2.45, 2.75) is 43.5 Å². The van der Waals surface area contributed by atoms with Crippen molar-refractivity contribution in [2.75, 3.05) is 11.4 Å². The van der Waals surface area contributed by atoms with Gasteiger partial charge in [0, 0.05) is 25.2 Å². The topological polar surface area (TPSA) is 36.4 Å². The molecular weight excluding hydrogens is 295 g/mol. The van der Waals surface area contributed by atoms with Crippen LogP contribution in [0.1, 0.15) is 30.4 Å². The summed E-state index contributed by atoms with van der Waals surface area (Å²) in [6, 6.07) is -0.0281. The lowest BCUT2D eigenvalue weighted by Gasteiger charge is -2.45. The van der Waals surface area contributed by atoms with E-state index in [1.165, 1.54) is 4.90 Å². The number of nitrogens with zero attached hydrogens (tertiary/aromatic N) is 2. The molecule has 0 amide bonds. The summed E-state index contributed by atoms with van der Waals surface area (Å²) in [5, 5.41) is 9.65. The Bertz CT molecular complexity index is 560. The number of hydrogen-bond donors (Lipinski definition) is 1. The highest BCUT2D eigenvalue weighted by atomic mass is 19.4. The van der Waals surface area contributed by atoms with Gasteiger partial charge in [0.15, 0.2) is 0 Å². The summed E-state index contributed by atoms with van der Waals surface area (Å²) < 4.78 is 66.3. The molecule has 8 heteroatoms. The maximum absolute atomic E-state index is 14.1. The summed E-state index contributed by atoms with van der Waals surface area (Å²) in [7, 11) is 0. The maximum atomic E-state index is 14.1. The largest absolute Gasteiger partial charge is 0.417 e. The van der Waals surface area contributed by atoms with Crippen molar-refractivity contribution in [3.8, 4) is 0 Å². The third-order valence-corrected chi connectivity index (χ3v) is 4.03. The summed E-state index contributed by atoms with van der Waals surface area (Å²) in [4.78, 5) is 5.12. The number of aromatic nitrogens is 1. The molecule has 0 saturated carbocycles. The number of anilines is 1. The summed E-state index contributed by atoms with van der Waals surface area (Å²) >= 11 is 0. The van der Waals surface area contributed by atoms with E-state index in [0.717, 1.165) is 0 Å². The van der Waals surface area contributed by atoms with Gasteiger partial charge < -0.3 is 10.0 Å². The minimum Gasteiger partial charge on any atom is -0.391 e. The molecule has 2 atom stereocenters. The molecule has 3 rings (SSSR count). The lowest BCUT2D eigenvalue weighted by atomic mass is 9.87. The van der Waals surface area contributed by atoms with E-state index in [2.05, 4.69) is 4.98 Å². The molecule has 21 heavy (non-hydrogen) atoms. The first-order valence-corrected chi connectivity index (χ1v) is 6.59. The van der Waals surface area contributed by atoms with Crippen LogP contribution in [-0.4, -0.2) is 28.8 Å². The summed E-state index contributed by atoms with van der Waals surface area (Å²) in [6.45, 7) is 0.117. The molecule has 1 N–H and O–H groups in total. The Hall–Kier alpha value is -1.44. The minimum absolute atomic E-state index is 0.117. The van der Waals surface area contributed by atoms with Gasteiger partial charge in [-0.3, -0.25) is 0 Å². The Morgan fingerprint density at radius 2 is 2.00 bits per heavy atom. The molecule has 0 aromatic carbocycles. The van der Waals surface area contributed by atoms with Gasteiger partial charge >= 0.3 is 6.18 Å². The van der Waals surface area contributed by atoms with Crippen LogP contribution in [0.15, 0.2) is 12.3 Å². The monoisotopic (exact) mass is 308 g/mol. The number of aliphatic hydroxyl groups is 1. The lowest BCUT2D eigenvalue weighted by Crippen LogP contribution is -2.51. The van der Waals surface area contributed by atoms with E-state index in [9.17, 15) is 27.1 Å². The van der Waals surface area contributed by atoms with Crippen LogP contribution in [0.25, 0.3) is 0 Å². The van der Waals surface area contributed by atoms with Crippen molar-refractivity contribution in [2.24, 2.45) is 0 Å². The number of fused-ring (bicyclic) bond motifs is 3. The van der Waals surface area contributed by atoms with Crippen LogP contribution in [0.3, 0.4) is 0 Å².